The van der Waals surface area contributed by atoms with Crippen molar-refractivity contribution in [1.82, 2.24) is 4.90 Å². The van der Waals surface area contributed by atoms with Gasteiger partial charge in [-0.2, -0.15) is 0 Å². The Balaban J connectivity index is 1.35. The molecule has 1 N–H and O–H groups in total. The normalized spacial score (nSPS) is 11.6. The lowest BCUT2D eigenvalue weighted by Crippen LogP contribution is -2.33. The van der Waals surface area contributed by atoms with Gasteiger partial charge in [-0.15, -0.1) is 11.3 Å². The molecule has 216 valence electrons. The molecular weight excluding hydrogens is 548 g/mol. The molecule has 0 radical (unpaired) electrons. The van der Waals surface area contributed by atoms with Crippen LogP contribution < -0.4 is 10.1 Å². The fourth-order valence-corrected chi connectivity index (χ4v) is 4.99. The maximum absolute atomic E-state index is 13.2. The number of anilines is 1. The average Bonchev–Trinajstić information content (AvgIpc) is 3.56. The van der Waals surface area contributed by atoms with Gasteiger partial charge in [-0.05, 0) is 54.3 Å². The molecule has 1 atom stereocenters. The summed E-state index contributed by atoms with van der Waals surface area (Å²) in [5.74, 6) is 0.0384. The van der Waals surface area contributed by atoms with E-state index in [9.17, 15) is 14.4 Å². The van der Waals surface area contributed by atoms with Crippen molar-refractivity contribution in [3.05, 3.63) is 124 Å². The molecular formula is C34H34N2O5S. The SMILES string of the molecule is CCN(CCOc1ccc(C[C@H](Nc2ccccc2C(=O)c2ccccc2)C(=O)OC)cc1)C(=O)/C=C/c1cccs1. The molecule has 7 nitrogen and oxygen atoms in total. The molecule has 0 spiro atoms. The molecule has 1 amide bonds. The number of esters is 1. The summed E-state index contributed by atoms with van der Waals surface area (Å²) < 4.78 is 10.9. The lowest BCUT2D eigenvalue weighted by molar-refractivity contribution is -0.141. The molecule has 1 heterocycles. The molecule has 4 aromatic rings. The summed E-state index contributed by atoms with van der Waals surface area (Å²) in [5, 5.41) is 5.20. The lowest BCUT2D eigenvalue weighted by atomic mass is 10.00. The largest absolute Gasteiger partial charge is 0.492 e. The van der Waals surface area contributed by atoms with Gasteiger partial charge in [-0.1, -0.05) is 60.7 Å². The molecule has 42 heavy (non-hydrogen) atoms. The number of rotatable bonds is 14. The highest BCUT2D eigenvalue weighted by atomic mass is 32.1. The smallest absolute Gasteiger partial charge is 0.328 e. The Kier molecular flexibility index (Phi) is 11.1. The summed E-state index contributed by atoms with van der Waals surface area (Å²) >= 11 is 1.58. The van der Waals surface area contributed by atoms with Gasteiger partial charge >= 0.3 is 5.97 Å². The summed E-state index contributed by atoms with van der Waals surface area (Å²) in [6, 6.07) is 26.8. The van der Waals surface area contributed by atoms with Crippen LogP contribution in [0.3, 0.4) is 0 Å². The zero-order valence-corrected chi connectivity index (χ0v) is 24.5. The molecule has 0 fully saturated rings. The molecule has 0 aliphatic rings. The lowest BCUT2D eigenvalue weighted by Gasteiger charge is -2.20. The maximum Gasteiger partial charge on any atom is 0.328 e. The fraction of sp³-hybridized carbons (Fsp3) is 0.206. The summed E-state index contributed by atoms with van der Waals surface area (Å²) in [4.78, 5) is 41.2. The van der Waals surface area contributed by atoms with Crippen molar-refractivity contribution in [2.75, 3.05) is 32.1 Å². The van der Waals surface area contributed by atoms with E-state index in [1.807, 2.05) is 79.0 Å². The summed E-state index contributed by atoms with van der Waals surface area (Å²) in [7, 11) is 1.34. The first-order chi connectivity index (χ1) is 20.5. The Morgan fingerprint density at radius 1 is 0.929 bits per heavy atom. The highest BCUT2D eigenvalue weighted by molar-refractivity contribution is 7.10. The molecule has 1 aromatic heterocycles. The van der Waals surface area contributed by atoms with Gasteiger partial charge in [-0.25, -0.2) is 4.79 Å². The summed E-state index contributed by atoms with van der Waals surface area (Å²) in [6.07, 6.45) is 3.76. The van der Waals surface area contributed by atoms with Gasteiger partial charge in [0.2, 0.25) is 5.91 Å². The van der Waals surface area contributed by atoms with Gasteiger partial charge in [0.25, 0.3) is 0 Å². The van der Waals surface area contributed by atoms with Gasteiger partial charge in [0, 0.05) is 40.7 Å². The van der Waals surface area contributed by atoms with Gasteiger partial charge in [0.1, 0.15) is 18.4 Å². The first kappa shape index (κ1) is 30.3. The number of hydrogen-bond acceptors (Lipinski definition) is 7. The van der Waals surface area contributed by atoms with E-state index >= 15 is 0 Å². The monoisotopic (exact) mass is 582 g/mol. The molecule has 0 bridgehead atoms. The third-order valence-corrected chi connectivity index (χ3v) is 7.48. The third-order valence-electron chi connectivity index (χ3n) is 6.64. The second kappa shape index (κ2) is 15.3. The molecule has 0 saturated heterocycles. The third kappa shape index (κ3) is 8.41. The Morgan fingerprint density at radius 2 is 1.67 bits per heavy atom. The Bertz CT molecular complexity index is 1480. The molecule has 0 aliphatic heterocycles. The molecule has 8 heteroatoms. The number of nitrogens with one attached hydrogen (secondary N) is 1. The molecule has 4 rings (SSSR count). The van der Waals surface area contributed by atoms with E-state index in [2.05, 4.69) is 5.32 Å². The van der Waals surface area contributed by atoms with Crippen LogP contribution in [0.5, 0.6) is 5.75 Å². The van der Waals surface area contributed by atoms with Crippen LogP contribution in [0, 0.1) is 0 Å². The predicted molar refractivity (Wildman–Crippen MR) is 167 cm³/mol. The number of ether oxygens (including phenoxy) is 2. The molecule has 3 aromatic carbocycles. The maximum atomic E-state index is 13.2. The number of hydrogen-bond donors (Lipinski definition) is 1. The summed E-state index contributed by atoms with van der Waals surface area (Å²) in [5.41, 5.74) is 2.49. The average molecular weight is 583 g/mol. The van der Waals surface area contributed by atoms with Crippen LogP contribution in [0.1, 0.15) is 33.3 Å². The fourth-order valence-electron chi connectivity index (χ4n) is 4.38. The van der Waals surface area contributed by atoms with E-state index in [0.29, 0.717) is 48.7 Å². The number of benzene rings is 3. The predicted octanol–water partition coefficient (Wildman–Crippen LogP) is 6.12. The minimum atomic E-state index is -0.710. The number of amides is 1. The van der Waals surface area contributed by atoms with Crippen LogP contribution in [-0.4, -0.2) is 55.4 Å². The minimum absolute atomic E-state index is 0.0572. The first-order valence-corrected chi connectivity index (χ1v) is 14.6. The van der Waals surface area contributed by atoms with Crippen molar-refractivity contribution in [2.24, 2.45) is 0 Å². The zero-order valence-electron chi connectivity index (χ0n) is 23.7. The number of methoxy groups -OCH3 is 1. The van der Waals surface area contributed by atoms with E-state index in [1.54, 1.807) is 52.6 Å². The Labute approximate surface area is 250 Å². The second-order valence-electron chi connectivity index (χ2n) is 9.42. The van der Waals surface area contributed by atoms with Crippen molar-refractivity contribution in [3.8, 4) is 5.75 Å². The van der Waals surface area contributed by atoms with Crippen LogP contribution >= 0.6 is 11.3 Å². The quantitative estimate of drug-likeness (QED) is 0.110. The van der Waals surface area contributed by atoms with E-state index in [-0.39, 0.29) is 11.7 Å². The Hall–Kier alpha value is -4.69. The molecule has 0 saturated carbocycles. The van der Waals surface area contributed by atoms with E-state index in [4.69, 9.17) is 9.47 Å². The number of likely N-dealkylation sites (N-methyl/N-ethyl adjacent to an activating group) is 1. The van der Waals surface area contributed by atoms with Crippen molar-refractivity contribution >= 4 is 40.8 Å². The van der Waals surface area contributed by atoms with E-state index in [0.717, 1.165) is 10.4 Å². The number of ketones is 1. The van der Waals surface area contributed by atoms with Crippen LogP contribution in [0.2, 0.25) is 0 Å². The van der Waals surface area contributed by atoms with Crippen LogP contribution in [-0.2, 0) is 20.7 Å². The zero-order chi connectivity index (χ0) is 29.7. The molecule has 0 unspecified atom stereocenters. The van der Waals surface area contributed by atoms with Gasteiger partial charge in [-0.3, -0.25) is 9.59 Å². The van der Waals surface area contributed by atoms with Crippen molar-refractivity contribution < 1.29 is 23.9 Å². The van der Waals surface area contributed by atoms with Gasteiger partial charge < -0.3 is 19.7 Å². The van der Waals surface area contributed by atoms with E-state index in [1.165, 1.54) is 7.11 Å². The topological polar surface area (TPSA) is 84.9 Å². The van der Waals surface area contributed by atoms with Crippen LogP contribution in [0.15, 0.2) is 102 Å². The number of carbonyl (C=O) groups is 3. The highest BCUT2D eigenvalue weighted by Gasteiger charge is 2.22. The van der Waals surface area contributed by atoms with Crippen molar-refractivity contribution in [1.29, 1.82) is 0 Å². The van der Waals surface area contributed by atoms with Crippen molar-refractivity contribution in [3.63, 3.8) is 0 Å². The van der Waals surface area contributed by atoms with E-state index < -0.39 is 12.0 Å². The highest BCUT2D eigenvalue weighted by Crippen LogP contribution is 2.22. The van der Waals surface area contributed by atoms with Crippen LogP contribution in [0.4, 0.5) is 5.69 Å². The first-order valence-electron chi connectivity index (χ1n) is 13.7. The summed E-state index contributed by atoms with van der Waals surface area (Å²) in [6.45, 7) is 3.33. The second-order valence-corrected chi connectivity index (χ2v) is 10.4. The Morgan fingerprint density at radius 3 is 2.36 bits per heavy atom. The standard InChI is InChI=1S/C34H34N2O5S/c1-3-36(32(37)20-19-28-12-9-23-42-28)21-22-41-27-17-15-25(16-18-27)24-31(34(39)40-2)35-30-14-8-7-13-29(30)33(38)26-10-5-4-6-11-26/h4-20,23,31,35H,3,21-22,24H2,1-2H3/b20-19+/t31-/m0/s1. The number of carbonyl (C=O) groups excluding carboxylic acids is 3. The van der Waals surface area contributed by atoms with Crippen molar-refractivity contribution in [2.45, 2.75) is 19.4 Å². The van der Waals surface area contributed by atoms with Gasteiger partial charge in [0.15, 0.2) is 5.78 Å². The number of thiophene rings is 1. The minimum Gasteiger partial charge on any atom is -0.492 e. The molecule has 0 aliphatic carbocycles. The number of nitrogens with zero attached hydrogens (tertiary/aromatic N) is 1. The number of para-hydroxylation sites is 1. The van der Waals surface area contributed by atoms with Crippen LogP contribution in [0.25, 0.3) is 6.08 Å². The van der Waals surface area contributed by atoms with Gasteiger partial charge in [0.05, 0.1) is 13.7 Å².